The molecule has 0 fully saturated rings. The molecule has 2 aromatic carbocycles. The minimum absolute atomic E-state index is 0.0416. The zero-order chi connectivity index (χ0) is 15.6. The predicted molar refractivity (Wildman–Crippen MR) is 75.3 cm³/mol. The van der Waals surface area contributed by atoms with E-state index >= 15 is 0 Å². The van der Waals surface area contributed by atoms with Crippen molar-refractivity contribution in [2.24, 2.45) is 0 Å². The minimum atomic E-state index is -3.94. The summed E-state index contributed by atoms with van der Waals surface area (Å²) >= 11 is 0. The Kier molecular flexibility index (Phi) is 3.95. The molecule has 2 N–H and O–H groups in total. The van der Waals surface area contributed by atoms with Crippen LogP contribution in [0.4, 0.5) is 10.1 Å². The number of carboxylic acid groups (broad SMARTS) is 1. The highest BCUT2D eigenvalue weighted by atomic mass is 32.2. The molecule has 0 aliphatic heterocycles. The quantitative estimate of drug-likeness (QED) is 0.909. The van der Waals surface area contributed by atoms with Crippen LogP contribution in [-0.4, -0.2) is 19.5 Å². The lowest BCUT2D eigenvalue weighted by Gasteiger charge is -2.10. The largest absolute Gasteiger partial charge is 0.478 e. The van der Waals surface area contributed by atoms with Crippen molar-refractivity contribution in [3.63, 3.8) is 0 Å². The van der Waals surface area contributed by atoms with Crippen LogP contribution in [0.1, 0.15) is 15.9 Å². The van der Waals surface area contributed by atoms with Gasteiger partial charge >= 0.3 is 5.97 Å². The molecule has 0 bridgehead atoms. The molecule has 2 rings (SSSR count). The molecule has 0 unspecified atom stereocenters. The fourth-order valence-electron chi connectivity index (χ4n) is 1.75. The highest BCUT2D eigenvalue weighted by Crippen LogP contribution is 2.20. The smallest absolute Gasteiger partial charge is 0.335 e. The number of sulfonamides is 1. The molecular formula is C14H12FNO4S. The van der Waals surface area contributed by atoms with Gasteiger partial charge in [-0.05, 0) is 48.9 Å². The van der Waals surface area contributed by atoms with Crippen molar-refractivity contribution >= 4 is 21.7 Å². The summed E-state index contributed by atoms with van der Waals surface area (Å²) in [7, 11) is -3.94. The third-order valence-corrected chi connectivity index (χ3v) is 4.35. The Bertz CT molecular complexity index is 785. The molecule has 0 aliphatic carbocycles. The average Bonchev–Trinajstić information content (AvgIpc) is 2.41. The van der Waals surface area contributed by atoms with E-state index in [2.05, 4.69) is 4.72 Å². The monoisotopic (exact) mass is 309 g/mol. The van der Waals surface area contributed by atoms with Crippen LogP contribution in [0.2, 0.25) is 0 Å². The summed E-state index contributed by atoms with van der Waals surface area (Å²) in [5.41, 5.74) is 0.648. The lowest BCUT2D eigenvalue weighted by Crippen LogP contribution is -2.14. The van der Waals surface area contributed by atoms with Crippen molar-refractivity contribution in [1.82, 2.24) is 0 Å². The Balaban J connectivity index is 2.33. The van der Waals surface area contributed by atoms with Crippen LogP contribution in [0.5, 0.6) is 0 Å². The lowest BCUT2D eigenvalue weighted by molar-refractivity contribution is 0.0697. The van der Waals surface area contributed by atoms with Gasteiger partial charge in [0, 0.05) is 5.69 Å². The third kappa shape index (κ3) is 3.38. The molecule has 2 aromatic rings. The average molecular weight is 309 g/mol. The van der Waals surface area contributed by atoms with E-state index in [-0.39, 0.29) is 16.1 Å². The normalized spacial score (nSPS) is 11.1. The molecule has 0 saturated heterocycles. The van der Waals surface area contributed by atoms with Crippen LogP contribution in [0.15, 0.2) is 47.4 Å². The Morgan fingerprint density at radius 1 is 1.14 bits per heavy atom. The lowest BCUT2D eigenvalue weighted by atomic mass is 10.2. The number of nitrogens with one attached hydrogen (secondary N) is 1. The fourth-order valence-corrected chi connectivity index (χ4v) is 3.07. The summed E-state index contributed by atoms with van der Waals surface area (Å²) < 4.78 is 39.9. The fraction of sp³-hybridized carbons (Fsp3) is 0.0714. The minimum Gasteiger partial charge on any atom is -0.478 e. The van der Waals surface area contributed by atoms with Crippen LogP contribution in [0, 0.1) is 12.7 Å². The van der Waals surface area contributed by atoms with Gasteiger partial charge in [0.2, 0.25) is 0 Å². The van der Waals surface area contributed by atoms with Crippen molar-refractivity contribution in [3.8, 4) is 0 Å². The molecule has 110 valence electrons. The van der Waals surface area contributed by atoms with Gasteiger partial charge in [0.25, 0.3) is 10.0 Å². The number of hydrogen-bond acceptors (Lipinski definition) is 3. The van der Waals surface area contributed by atoms with E-state index < -0.39 is 21.8 Å². The molecule has 0 atom stereocenters. The summed E-state index contributed by atoms with van der Waals surface area (Å²) in [5, 5.41) is 8.77. The summed E-state index contributed by atoms with van der Waals surface area (Å²) in [5.74, 6) is -1.76. The second-order valence-electron chi connectivity index (χ2n) is 4.40. The van der Waals surface area contributed by atoms with Gasteiger partial charge in [-0.1, -0.05) is 6.07 Å². The number of aromatic carboxylic acids is 1. The molecule has 5 nitrogen and oxygen atoms in total. The first-order valence-electron chi connectivity index (χ1n) is 5.92. The first-order valence-corrected chi connectivity index (χ1v) is 7.40. The van der Waals surface area contributed by atoms with Gasteiger partial charge in [-0.3, -0.25) is 4.72 Å². The second kappa shape index (κ2) is 5.53. The Labute approximate surface area is 121 Å². The molecule has 7 heteroatoms. The number of hydrogen-bond donors (Lipinski definition) is 2. The van der Waals surface area contributed by atoms with Gasteiger partial charge in [0.05, 0.1) is 10.5 Å². The highest BCUT2D eigenvalue weighted by molar-refractivity contribution is 7.92. The van der Waals surface area contributed by atoms with Crippen molar-refractivity contribution in [3.05, 3.63) is 59.4 Å². The van der Waals surface area contributed by atoms with Crippen LogP contribution < -0.4 is 4.72 Å². The molecule has 0 amide bonds. The van der Waals surface area contributed by atoms with Crippen molar-refractivity contribution < 1.29 is 22.7 Å². The number of benzene rings is 2. The molecule has 0 heterocycles. The van der Waals surface area contributed by atoms with E-state index in [4.69, 9.17) is 5.11 Å². The number of halogens is 1. The van der Waals surface area contributed by atoms with Crippen LogP contribution >= 0.6 is 0 Å². The van der Waals surface area contributed by atoms with Crippen molar-refractivity contribution in [2.45, 2.75) is 11.8 Å². The molecule has 0 saturated carbocycles. The predicted octanol–water partition coefficient (Wildman–Crippen LogP) is 2.63. The van der Waals surface area contributed by atoms with E-state index in [1.165, 1.54) is 36.4 Å². The van der Waals surface area contributed by atoms with Gasteiger partial charge in [0.1, 0.15) is 5.82 Å². The van der Waals surface area contributed by atoms with E-state index in [1.807, 2.05) is 0 Å². The van der Waals surface area contributed by atoms with Crippen molar-refractivity contribution in [1.29, 1.82) is 0 Å². The van der Waals surface area contributed by atoms with Gasteiger partial charge in [-0.2, -0.15) is 0 Å². The number of carboxylic acids is 1. The Morgan fingerprint density at radius 3 is 2.33 bits per heavy atom. The Hall–Kier alpha value is -2.41. The first-order chi connectivity index (χ1) is 9.79. The summed E-state index contributed by atoms with van der Waals surface area (Å²) in [6.07, 6.45) is 0. The first kappa shape index (κ1) is 15.0. The summed E-state index contributed by atoms with van der Waals surface area (Å²) in [6.45, 7) is 1.56. The molecule has 0 radical (unpaired) electrons. The molecular weight excluding hydrogens is 297 g/mol. The summed E-state index contributed by atoms with van der Waals surface area (Å²) in [4.78, 5) is 10.6. The van der Waals surface area contributed by atoms with E-state index in [9.17, 15) is 17.6 Å². The van der Waals surface area contributed by atoms with Gasteiger partial charge in [0.15, 0.2) is 0 Å². The van der Waals surface area contributed by atoms with E-state index in [1.54, 1.807) is 6.92 Å². The second-order valence-corrected chi connectivity index (χ2v) is 6.05. The summed E-state index contributed by atoms with van der Waals surface area (Å²) in [6, 6.07) is 8.69. The van der Waals surface area contributed by atoms with Gasteiger partial charge < -0.3 is 5.11 Å². The number of anilines is 1. The zero-order valence-corrected chi connectivity index (χ0v) is 11.8. The highest BCUT2D eigenvalue weighted by Gasteiger charge is 2.18. The SMILES string of the molecule is Cc1ccc(F)cc1S(=O)(=O)Nc1ccc(C(=O)O)cc1. The van der Waals surface area contributed by atoms with E-state index in [0.717, 1.165) is 6.07 Å². The molecule has 0 aliphatic rings. The van der Waals surface area contributed by atoms with Crippen molar-refractivity contribution in [2.75, 3.05) is 4.72 Å². The van der Waals surface area contributed by atoms with Crippen LogP contribution in [0.3, 0.4) is 0 Å². The standard InChI is InChI=1S/C14H12FNO4S/c1-9-2-5-11(15)8-13(9)21(19,20)16-12-6-3-10(4-7-12)14(17)18/h2-8,16H,1H3,(H,17,18). The van der Waals surface area contributed by atoms with Gasteiger partial charge in [-0.15, -0.1) is 0 Å². The zero-order valence-electron chi connectivity index (χ0n) is 11.0. The molecule has 0 aromatic heterocycles. The number of rotatable bonds is 4. The van der Waals surface area contributed by atoms with Crippen LogP contribution in [-0.2, 0) is 10.0 Å². The third-order valence-electron chi connectivity index (χ3n) is 2.82. The maximum Gasteiger partial charge on any atom is 0.335 e. The molecule has 21 heavy (non-hydrogen) atoms. The van der Waals surface area contributed by atoms with Gasteiger partial charge in [-0.25, -0.2) is 17.6 Å². The van der Waals surface area contributed by atoms with Crippen LogP contribution in [0.25, 0.3) is 0 Å². The molecule has 0 spiro atoms. The number of carbonyl (C=O) groups is 1. The topological polar surface area (TPSA) is 83.5 Å². The maximum absolute atomic E-state index is 13.2. The number of aryl methyl sites for hydroxylation is 1. The Morgan fingerprint density at radius 2 is 1.76 bits per heavy atom. The maximum atomic E-state index is 13.2. The van der Waals surface area contributed by atoms with E-state index in [0.29, 0.717) is 5.56 Å².